The van der Waals surface area contributed by atoms with Crippen molar-refractivity contribution in [2.75, 3.05) is 0 Å². The molecule has 7 aromatic rings. The summed E-state index contributed by atoms with van der Waals surface area (Å²) in [5.41, 5.74) is 1.39. The van der Waals surface area contributed by atoms with Gasteiger partial charge in [0.25, 0.3) is 0 Å². The van der Waals surface area contributed by atoms with Gasteiger partial charge in [0, 0.05) is 30.9 Å². The molecule has 0 atom stereocenters. The molecular formula is C23H12S2. The van der Waals surface area contributed by atoms with Gasteiger partial charge in [-0.25, -0.2) is 0 Å². The Bertz CT molecular complexity index is 1590. The van der Waals surface area contributed by atoms with Crippen LogP contribution in [0.5, 0.6) is 0 Å². The van der Waals surface area contributed by atoms with Gasteiger partial charge in [-0.1, -0.05) is 30.3 Å². The van der Waals surface area contributed by atoms with Crippen molar-refractivity contribution < 1.29 is 0 Å². The van der Waals surface area contributed by atoms with Crippen molar-refractivity contribution in [1.82, 2.24) is 0 Å². The zero-order chi connectivity index (χ0) is 16.3. The molecule has 25 heavy (non-hydrogen) atoms. The molecule has 0 saturated heterocycles. The summed E-state index contributed by atoms with van der Waals surface area (Å²) < 4.78 is 2.90. The first-order chi connectivity index (χ1) is 12.3. The average molecular weight is 352 g/mol. The van der Waals surface area contributed by atoms with E-state index in [-0.39, 0.29) is 0 Å². The van der Waals surface area contributed by atoms with Crippen LogP contribution >= 0.6 is 22.7 Å². The van der Waals surface area contributed by atoms with Crippen LogP contribution in [-0.2, 0) is 0 Å². The Morgan fingerprint density at radius 3 is 2.08 bits per heavy atom. The lowest BCUT2D eigenvalue weighted by Gasteiger charge is -2.08. The summed E-state index contributed by atoms with van der Waals surface area (Å²) in [6.45, 7) is 2.25. The molecule has 0 aliphatic heterocycles. The van der Waals surface area contributed by atoms with Crippen molar-refractivity contribution in [2.45, 2.75) is 6.92 Å². The van der Waals surface area contributed by atoms with E-state index in [1.165, 1.54) is 68.8 Å². The van der Waals surface area contributed by atoms with Gasteiger partial charge in [-0.3, -0.25) is 0 Å². The maximum Gasteiger partial charge on any atom is 0.0434 e. The molecule has 0 aliphatic carbocycles. The first kappa shape index (κ1) is 12.9. The van der Waals surface area contributed by atoms with Gasteiger partial charge < -0.3 is 0 Å². The van der Waals surface area contributed by atoms with E-state index in [4.69, 9.17) is 0 Å². The van der Waals surface area contributed by atoms with E-state index in [1.807, 2.05) is 22.7 Å². The molecule has 0 aliphatic rings. The van der Waals surface area contributed by atoms with Crippen LogP contribution in [0, 0.1) is 6.92 Å². The van der Waals surface area contributed by atoms with Gasteiger partial charge >= 0.3 is 0 Å². The lowest BCUT2D eigenvalue weighted by Crippen LogP contribution is -1.81. The minimum atomic E-state index is 1.39. The molecule has 0 spiro atoms. The third-order valence-corrected chi connectivity index (χ3v) is 7.72. The van der Waals surface area contributed by atoms with Crippen LogP contribution in [0.4, 0.5) is 0 Å². The molecule has 0 unspecified atom stereocenters. The fourth-order valence-corrected chi connectivity index (χ4v) is 6.87. The molecule has 0 nitrogen and oxygen atoms in total. The smallest absolute Gasteiger partial charge is 0.0434 e. The summed E-state index contributed by atoms with van der Waals surface area (Å²) >= 11 is 3.77. The monoisotopic (exact) mass is 352 g/mol. The topological polar surface area (TPSA) is 0 Å². The SMILES string of the molecule is Cc1ccc2c3c4sccc4c4cccc(c43)c3c4sccc4c1c23. The molecule has 2 aromatic heterocycles. The van der Waals surface area contributed by atoms with E-state index in [2.05, 4.69) is 60.1 Å². The lowest BCUT2D eigenvalue weighted by molar-refractivity contribution is 1.57. The second kappa shape index (κ2) is 4.04. The Balaban J connectivity index is 2.04. The summed E-state index contributed by atoms with van der Waals surface area (Å²) in [4.78, 5) is 0. The van der Waals surface area contributed by atoms with Crippen LogP contribution in [0.15, 0.2) is 53.2 Å². The summed E-state index contributed by atoms with van der Waals surface area (Å²) in [5.74, 6) is 0. The highest BCUT2D eigenvalue weighted by molar-refractivity contribution is 7.19. The van der Waals surface area contributed by atoms with E-state index in [0.717, 1.165) is 0 Å². The largest absolute Gasteiger partial charge is 0.143 e. The van der Waals surface area contributed by atoms with Gasteiger partial charge in [0.1, 0.15) is 0 Å². The Kier molecular flexibility index (Phi) is 2.08. The van der Waals surface area contributed by atoms with E-state index in [9.17, 15) is 0 Å². The number of thiophene rings is 2. The van der Waals surface area contributed by atoms with E-state index in [0.29, 0.717) is 0 Å². The number of fused-ring (bicyclic) bond motifs is 8. The number of benzene rings is 3. The summed E-state index contributed by atoms with van der Waals surface area (Å²) in [5, 5.41) is 18.9. The second-order valence-electron chi connectivity index (χ2n) is 6.98. The molecule has 0 N–H and O–H groups in total. The van der Waals surface area contributed by atoms with Crippen LogP contribution in [-0.4, -0.2) is 0 Å². The summed E-state index contributed by atoms with van der Waals surface area (Å²) in [7, 11) is 0. The first-order valence-electron chi connectivity index (χ1n) is 8.53. The highest BCUT2D eigenvalue weighted by Crippen LogP contribution is 2.52. The zero-order valence-corrected chi connectivity index (χ0v) is 15.1. The van der Waals surface area contributed by atoms with Crippen LogP contribution in [0.2, 0.25) is 0 Å². The van der Waals surface area contributed by atoms with Gasteiger partial charge in [-0.05, 0) is 67.7 Å². The molecule has 0 fully saturated rings. The molecule has 0 amide bonds. The predicted molar refractivity (Wildman–Crippen MR) is 114 cm³/mol. The number of hydrogen-bond donors (Lipinski definition) is 0. The van der Waals surface area contributed by atoms with Gasteiger partial charge in [-0.15, -0.1) is 22.7 Å². The highest BCUT2D eigenvalue weighted by atomic mass is 32.1. The molecule has 5 aromatic carbocycles. The standard InChI is InChI=1S/C23H12S2/c1-11-5-6-15-19-17(11)16-8-10-25-23(16)21(19)14-4-2-3-12-13-7-9-24-22(13)20(15)18(12)14/h2-10H,1H3. The van der Waals surface area contributed by atoms with Gasteiger partial charge in [0.2, 0.25) is 0 Å². The van der Waals surface area contributed by atoms with Crippen LogP contribution < -0.4 is 0 Å². The highest BCUT2D eigenvalue weighted by Gasteiger charge is 2.22. The number of aryl methyl sites for hydroxylation is 1. The fourth-order valence-electron chi connectivity index (χ4n) is 4.93. The lowest BCUT2D eigenvalue weighted by atomic mass is 9.95. The zero-order valence-electron chi connectivity index (χ0n) is 13.5. The van der Waals surface area contributed by atoms with Gasteiger partial charge in [0.15, 0.2) is 0 Å². The summed E-state index contributed by atoms with van der Waals surface area (Å²) in [6.07, 6.45) is 0. The van der Waals surface area contributed by atoms with Crippen LogP contribution in [0.1, 0.15) is 5.56 Å². The van der Waals surface area contributed by atoms with E-state index >= 15 is 0 Å². The van der Waals surface area contributed by atoms with Crippen molar-refractivity contribution in [2.24, 2.45) is 0 Å². The van der Waals surface area contributed by atoms with Crippen molar-refractivity contribution in [1.29, 1.82) is 0 Å². The van der Waals surface area contributed by atoms with E-state index < -0.39 is 0 Å². The van der Waals surface area contributed by atoms with Gasteiger partial charge in [0.05, 0.1) is 0 Å². The quantitative estimate of drug-likeness (QED) is 0.243. The minimum absolute atomic E-state index is 1.39. The Hall–Kier alpha value is -2.42. The molecule has 2 heteroatoms. The van der Waals surface area contributed by atoms with Gasteiger partial charge in [-0.2, -0.15) is 0 Å². The second-order valence-corrected chi connectivity index (χ2v) is 8.82. The molecule has 0 saturated carbocycles. The minimum Gasteiger partial charge on any atom is -0.143 e. The van der Waals surface area contributed by atoms with Crippen molar-refractivity contribution >= 4 is 85.9 Å². The number of hydrogen-bond acceptors (Lipinski definition) is 2. The maximum atomic E-state index is 2.36. The Morgan fingerprint density at radius 1 is 0.520 bits per heavy atom. The molecular weight excluding hydrogens is 340 g/mol. The van der Waals surface area contributed by atoms with Crippen molar-refractivity contribution in [3.63, 3.8) is 0 Å². The maximum absolute atomic E-state index is 2.36. The van der Waals surface area contributed by atoms with Crippen molar-refractivity contribution in [3.05, 3.63) is 58.8 Å². The normalized spacial score (nSPS) is 13.0. The third kappa shape index (κ3) is 1.27. The molecule has 7 rings (SSSR count). The van der Waals surface area contributed by atoms with Crippen LogP contribution in [0.25, 0.3) is 63.3 Å². The van der Waals surface area contributed by atoms with Crippen LogP contribution in [0.3, 0.4) is 0 Å². The molecule has 0 radical (unpaired) electrons. The van der Waals surface area contributed by atoms with E-state index in [1.54, 1.807) is 0 Å². The Morgan fingerprint density at radius 2 is 1.20 bits per heavy atom. The average Bonchev–Trinajstić information content (AvgIpc) is 3.35. The molecule has 2 heterocycles. The predicted octanol–water partition coefficient (Wildman–Crippen LogP) is 7.91. The van der Waals surface area contributed by atoms with Crippen molar-refractivity contribution in [3.8, 4) is 0 Å². The molecule has 116 valence electrons. The summed E-state index contributed by atoms with van der Waals surface area (Å²) in [6, 6.07) is 16.1. The fraction of sp³-hybridized carbons (Fsp3) is 0.0435. The third-order valence-electron chi connectivity index (χ3n) is 5.86. The first-order valence-corrected chi connectivity index (χ1v) is 10.3. The Labute approximate surface area is 151 Å². The molecule has 0 bridgehead atoms. The number of rotatable bonds is 0.